The van der Waals surface area contributed by atoms with Gasteiger partial charge in [-0.3, -0.25) is 9.97 Å². The Labute approximate surface area is 97.8 Å². The molecule has 1 unspecified atom stereocenters. The minimum absolute atomic E-state index is 0.621. The number of nitrogens with zero attached hydrogens (tertiary/aromatic N) is 2. The number of thiophene rings is 1. The fourth-order valence-electron chi connectivity index (χ4n) is 2.08. The topological polar surface area (TPSA) is 46.0 Å². The second-order valence-corrected chi connectivity index (χ2v) is 5.15. The number of aliphatic hydroxyl groups is 1. The molecule has 0 radical (unpaired) electrons. The van der Waals surface area contributed by atoms with E-state index in [0.717, 1.165) is 17.7 Å². The van der Waals surface area contributed by atoms with Crippen LogP contribution in [0, 0.1) is 0 Å². The van der Waals surface area contributed by atoms with Gasteiger partial charge in [-0.1, -0.05) is 0 Å². The summed E-state index contributed by atoms with van der Waals surface area (Å²) in [7, 11) is 0. The summed E-state index contributed by atoms with van der Waals surface area (Å²) in [5, 5.41) is 10.2. The monoisotopic (exact) mass is 232 g/mol. The zero-order valence-electron chi connectivity index (χ0n) is 8.76. The van der Waals surface area contributed by atoms with Crippen LogP contribution in [0.4, 0.5) is 0 Å². The molecule has 0 saturated carbocycles. The predicted octanol–water partition coefficient (Wildman–Crippen LogP) is 2.11. The largest absolute Gasteiger partial charge is 0.381 e. The van der Waals surface area contributed by atoms with Crippen LogP contribution in [-0.4, -0.2) is 15.1 Å². The SMILES string of the molecule is OC(c1cnccn1)c1cc2c(s1)CCC2. The summed E-state index contributed by atoms with van der Waals surface area (Å²) in [5.41, 5.74) is 2.03. The van der Waals surface area contributed by atoms with Crippen LogP contribution in [0.1, 0.15) is 33.5 Å². The zero-order chi connectivity index (χ0) is 11.0. The zero-order valence-corrected chi connectivity index (χ0v) is 9.57. The molecular formula is C12H12N2OS. The van der Waals surface area contributed by atoms with Crippen molar-refractivity contribution in [2.24, 2.45) is 0 Å². The lowest BCUT2D eigenvalue weighted by atomic mass is 10.2. The lowest BCUT2D eigenvalue weighted by Gasteiger charge is -2.06. The van der Waals surface area contributed by atoms with Crippen molar-refractivity contribution in [1.29, 1.82) is 0 Å². The van der Waals surface area contributed by atoms with Crippen LogP contribution in [0.3, 0.4) is 0 Å². The standard InChI is InChI=1S/C12H12N2OS/c15-12(9-7-13-4-5-14-9)11-6-8-2-1-3-10(8)16-11/h4-7,12,15H,1-3H2. The normalized spacial score (nSPS) is 16.1. The Morgan fingerprint density at radius 2 is 2.25 bits per heavy atom. The lowest BCUT2D eigenvalue weighted by Crippen LogP contribution is -2.00. The third-order valence-corrected chi connectivity index (χ3v) is 4.19. The molecule has 0 bridgehead atoms. The summed E-state index contributed by atoms with van der Waals surface area (Å²) in [5.74, 6) is 0. The van der Waals surface area contributed by atoms with E-state index in [4.69, 9.17) is 0 Å². The Hall–Kier alpha value is -1.26. The van der Waals surface area contributed by atoms with Crippen molar-refractivity contribution < 1.29 is 5.11 Å². The average molecular weight is 232 g/mol. The molecule has 16 heavy (non-hydrogen) atoms. The Bertz CT molecular complexity index is 473. The minimum atomic E-state index is -0.621. The van der Waals surface area contributed by atoms with Gasteiger partial charge in [-0.2, -0.15) is 0 Å². The molecule has 3 rings (SSSR count). The molecule has 3 nitrogen and oxygen atoms in total. The minimum Gasteiger partial charge on any atom is -0.381 e. The summed E-state index contributed by atoms with van der Waals surface area (Å²) in [4.78, 5) is 10.5. The molecule has 82 valence electrons. The number of aromatic nitrogens is 2. The fraction of sp³-hybridized carbons (Fsp3) is 0.333. The first kappa shape index (κ1) is 9.93. The number of hydrogen-bond acceptors (Lipinski definition) is 4. The molecule has 1 aliphatic carbocycles. The number of fused-ring (bicyclic) bond motifs is 1. The van der Waals surface area contributed by atoms with Gasteiger partial charge in [0.15, 0.2) is 0 Å². The van der Waals surface area contributed by atoms with E-state index < -0.39 is 6.10 Å². The van der Waals surface area contributed by atoms with Crippen molar-refractivity contribution in [3.8, 4) is 0 Å². The number of hydrogen-bond donors (Lipinski definition) is 1. The van der Waals surface area contributed by atoms with E-state index in [0.29, 0.717) is 5.69 Å². The van der Waals surface area contributed by atoms with E-state index in [2.05, 4.69) is 16.0 Å². The van der Waals surface area contributed by atoms with Gasteiger partial charge in [0.05, 0.1) is 11.9 Å². The molecule has 0 fully saturated rings. The average Bonchev–Trinajstić information content (AvgIpc) is 2.89. The van der Waals surface area contributed by atoms with Crippen LogP contribution in [-0.2, 0) is 12.8 Å². The molecular weight excluding hydrogens is 220 g/mol. The molecule has 0 aromatic carbocycles. The first-order valence-corrected chi connectivity index (χ1v) is 6.21. The molecule has 1 aliphatic rings. The second-order valence-electron chi connectivity index (χ2n) is 3.98. The van der Waals surface area contributed by atoms with E-state index >= 15 is 0 Å². The van der Waals surface area contributed by atoms with E-state index in [1.165, 1.54) is 16.9 Å². The Balaban J connectivity index is 1.92. The van der Waals surface area contributed by atoms with Crippen LogP contribution in [0.25, 0.3) is 0 Å². The predicted molar refractivity (Wildman–Crippen MR) is 62.4 cm³/mol. The van der Waals surface area contributed by atoms with E-state index in [9.17, 15) is 5.11 Å². The summed E-state index contributed by atoms with van der Waals surface area (Å²) >= 11 is 1.71. The van der Waals surface area contributed by atoms with E-state index in [1.807, 2.05) is 0 Å². The Kier molecular flexibility index (Phi) is 2.46. The van der Waals surface area contributed by atoms with Crippen LogP contribution in [0.5, 0.6) is 0 Å². The Morgan fingerprint density at radius 1 is 1.31 bits per heavy atom. The first-order chi connectivity index (χ1) is 7.84. The van der Waals surface area contributed by atoms with Gasteiger partial charge in [-0.25, -0.2) is 0 Å². The van der Waals surface area contributed by atoms with Crippen molar-refractivity contribution in [3.63, 3.8) is 0 Å². The Morgan fingerprint density at radius 3 is 3.00 bits per heavy atom. The van der Waals surface area contributed by atoms with Crippen LogP contribution in [0.15, 0.2) is 24.7 Å². The van der Waals surface area contributed by atoms with E-state index in [-0.39, 0.29) is 0 Å². The molecule has 2 aromatic heterocycles. The van der Waals surface area contributed by atoms with Crippen LogP contribution in [0.2, 0.25) is 0 Å². The van der Waals surface area contributed by atoms with Gasteiger partial charge < -0.3 is 5.11 Å². The lowest BCUT2D eigenvalue weighted by molar-refractivity contribution is 0.218. The maximum Gasteiger partial charge on any atom is 0.132 e. The van der Waals surface area contributed by atoms with Gasteiger partial charge >= 0.3 is 0 Å². The van der Waals surface area contributed by atoms with Gasteiger partial charge in [0, 0.05) is 22.1 Å². The molecule has 1 N–H and O–H groups in total. The summed E-state index contributed by atoms with van der Waals surface area (Å²) < 4.78 is 0. The molecule has 4 heteroatoms. The quantitative estimate of drug-likeness (QED) is 0.862. The number of aliphatic hydroxyl groups excluding tert-OH is 1. The van der Waals surface area contributed by atoms with Gasteiger partial charge in [0.25, 0.3) is 0 Å². The second kappa shape index (κ2) is 3.96. The molecule has 2 heterocycles. The highest BCUT2D eigenvalue weighted by atomic mass is 32.1. The number of rotatable bonds is 2. The summed E-state index contributed by atoms with van der Waals surface area (Å²) in [6, 6.07) is 2.12. The molecule has 2 aromatic rings. The molecule has 0 aliphatic heterocycles. The van der Waals surface area contributed by atoms with Crippen LogP contribution >= 0.6 is 11.3 Å². The maximum atomic E-state index is 10.2. The number of aryl methyl sites for hydroxylation is 2. The van der Waals surface area contributed by atoms with Gasteiger partial charge in [-0.05, 0) is 30.9 Å². The van der Waals surface area contributed by atoms with E-state index in [1.54, 1.807) is 29.9 Å². The third kappa shape index (κ3) is 1.64. The molecule has 0 amide bonds. The van der Waals surface area contributed by atoms with Crippen molar-refractivity contribution in [2.45, 2.75) is 25.4 Å². The molecule has 1 atom stereocenters. The highest BCUT2D eigenvalue weighted by Gasteiger charge is 2.20. The summed E-state index contributed by atoms with van der Waals surface area (Å²) in [6.07, 6.45) is 7.79. The van der Waals surface area contributed by atoms with Gasteiger partial charge in [-0.15, -0.1) is 11.3 Å². The van der Waals surface area contributed by atoms with Crippen molar-refractivity contribution >= 4 is 11.3 Å². The van der Waals surface area contributed by atoms with Crippen molar-refractivity contribution in [3.05, 3.63) is 45.7 Å². The van der Waals surface area contributed by atoms with Gasteiger partial charge in [0.1, 0.15) is 6.10 Å². The highest BCUT2D eigenvalue weighted by Crippen LogP contribution is 2.35. The van der Waals surface area contributed by atoms with Crippen molar-refractivity contribution in [1.82, 2.24) is 9.97 Å². The summed E-state index contributed by atoms with van der Waals surface area (Å²) in [6.45, 7) is 0. The maximum absolute atomic E-state index is 10.2. The third-order valence-electron chi connectivity index (χ3n) is 2.90. The molecule has 0 saturated heterocycles. The first-order valence-electron chi connectivity index (χ1n) is 5.40. The van der Waals surface area contributed by atoms with Crippen molar-refractivity contribution in [2.75, 3.05) is 0 Å². The van der Waals surface area contributed by atoms with Crippen LogP contribution < -0.4 is 0 Å². The fourth-order valence-corrected chi connectivity index (χ4v) is 3.34. The molecule has 0 spiro atoms. The van der Waals surface area contributed by atoms with Gasteiger partial charge in [0.2, 0.25) is 0 Å². The highest BCUT2D eigenvalue weighted by molar-refractivity contribution is 7.12. The smallest absolute Gasteiger partial charge is 0.132 e.